The number of benzene rings is 2. The maximum atomic E-state index is 14.1. The first-order valence-electron chi connectivity index (χ1n) is 6.83. The monoisotopic (exact) mass is 289 g/mol. The van der Waals surface area contributed by atoms with Gasteiger partial charge in [-0.2, -0.15) is 0 Å². The Balaban J connectivity index is 2.25. The van der Waals surface area contributed by atoms with Crippen molar-refractivity contribution < 1.29 is 14.2 Å². The Hall–Kier alpha value is -2.07. The second-order valence-electron chi connectivity index (χ2n) is 5.06. The Morgan fingerprint density at radius 3 is 2.43 bits per heavy atom. The standard InChI is InChI=1S/C17H20FNO2/c1-12(20)15-5-4-6-16(18)17(15)19(2)11-13-7-9-14(21-3)10-8-13/h4-10,12,20H,11H2,1-3H3/t12-/m1/s1. The molecule has 0 aliphatic carbocycles. The summed E-state index contributed by atoms with van der Waals surface area (Å²) in [6.07, 6.45) is -0.714. The van der Waals surface area contributed by atoms with Crippen molar-refractivity contribution in [3.63, 3.8) is 0 Å². The number of nitrogens with zero attached hydrogens (tertiary/aromatic N) is 1. The fraction of sp³-hybridized carbons (Fsp3) is 0.294. The molecule has 2 aromatic carbocycles. The molecular weight excluding hydrogens is 269 g/mol. The van der Waals surface area contributed by atoms with Crippen molar-refractivity contribution in [1.82, 2.24) is 0 Å². The second-order valence-corrected chi connectivity index (χ2v) is 5.06. The molecule has 0 bridgehead atoms. The minimum Gasteiger partial charge on any atom is -0.497 e. The first-order valence-corrected chi connectivity index (χ1v) is 6.83. The van der Waals surface area contributed by atoms with E-state index >= 15 is 0 Å². The van der Waals surface area contributed by atoms with Crippen molar-refractivity contribution in [3.05, 3.63) is 59.4 Å². The first kappa shape index (κ1) is 15.3. The van der Waals surface area contributed by atoms with E-state index in [2.05, 4.69) is 0 Å². The predicted octanol–water partition coefficient (Wildman–Crippen LogP) is 3.52. The van der Waals surface area contributed by atoms with Crippen LogP contribution in [0.1, 0.15) is 24.2 Å². The van der Waals surface area contributed by atoms with Crippen molar-refractivity contribution in [2.45, 2.75) is 19.6 Å². The second kappa shape index (κ2) is 6.59. The highest BCUT2D eigenvalue weighted by atomic mass is 19.1. The highest BCUT2D eigenvalue weighted by Crippen LogP contribution is 2.29. The van der Waals surface area contributed by atoms with Gasteiger partial charge in [0, 0.05) is 19.2 Å². The molecule has 0 spiro atoms. The molecule has 21 heavy (non-hydrogen) atoms. The SMILES string of the molecule is COc1ccc(CN(C)c2c(F)cccc2[C@@H](C)O)cc1. The fourth-order valence-electron chi connectivity index (χ4n) is 2.36. The molecule has 0 unspecified atom stereocenters. The van der Waals surface area contributed by atoms with Gasteiger partial charge in [0.2, 0.25) is 0 Å². The van der Waals surface area contributed by atoms with Crippen LogP contribution in [-0.4, -0.2) is 19.3 Å². The van der Waals surface area contributed by atoms with Crippen LogP contribution in [0, 0.1) is 5.82 Å². The van der Waals surface area contributed by atoms with E-state index in [1.165, 1.54) is 6.07 Å². The first-order chi connectivity index (χ1) is 10.0. The van der Waals surface area contributed by atoms with Gasteiger partial charge in [0.25, 0.3) is 0 Å². The molecule has 0 saturated heterocycles. The summed E-state index contributed by atoms with van der Waals surface area (Å²) in [5, 5.41) is 9.80. The lowest BCUT2D eigenvalue weighted by Crippen LogP contribution is -2.20. The third-order valence-corrected chi connectivity index (χ3v) is 3.43. The molecule has 112 valence electrons. The van der Waals surface area contributed by atoms with Gasteiger partial charge in [-0.1, -0.05) is 24.3 Å². The number of rotatable bonds is 5. The van der Waals surface area contributed by atoms with E-state index in [0.29, 0.717) is 17.8 Å². The molecule has 2 aromatic rings. The Labute approximate surface area is 124 Å². The number of methoxy groups -OCH3 is 1. The molecule has 4 heteroatoms. The minimum absolute atomic E-state index is 0.329. The smallest absolute Gasteiger partial charge is 0.146 e. The summed E-state index contributed by atoms with van der Waals surface area (Å²) >= 11 is 0. The third-order valence-electron chi connectivity index (χ3n) is 3.43. The highest BCUT2D eigenvalue weighted by Gasteiger charge is 2.16. The Morgan fingerprint density at radius 1 is 1.19 bits per heavy atom. The lowest BCUT2D eigenvalue weighted by atomic mass is 10.1. The van der Waals surface area contributed by atoms with Gasteiger partial charge in [-0.15, -0.1) is 0 Å². The zero-order valence-electron chi connectivity index (χ0n) is 12.5. The van der Waals surface area contributed by atoms with E-state index in [1.54, 1.807) is 31.1 Å². The van der Waals surface area contributed by atoms with Crippen molar-refractivity contribution >= 4 is 5.69 Å². The molecule has 1 atom stereocenters. The average Bonchev–Trinajstić information content (AvgIpc) is 2.47. The summed E-state index contributed by atoms with van der Waals surface area (Å²) in [5.74, 6) is 0.460. The van der Waals surface area contributed by atoms with Gasteiger partial charge in [-0.25, -0.2) is 4.39 Å². The zero-order valence-corrected chi connectivity index (χ0v) is 12.5. The number of para-hydroxylation sites is 1. The van der Waals surface area contributed by atoms with Crippen LogP contribution in [0.2, 0.25) is 0 Å². The third kappa shape index (κ3) is 3.52. The van der Waals surface area contributed by atoms with E-state index in [9.17, 15) is 9.50 Å². The quantitative estimate of drug-likeness (QED) is 0.914. The fourth-order valence-corrected chi connectivity index (χ4v) is 2.36. The average molecular weight is 289 g/mol. The summed E-state index contributed by atoms with van der Waals surface area (Å²) in [6.45, 7) is 2.18. The Kier molecular flexibility index (Phi) is 4.81. The molecule has 0 aromatic heterocycles. The Bertz CT molecular complexity index is 596. The Morgan fingerprint density at radius 2 is 1.86 bits per heavy atom. The zero-order chi connectivity index (χ0) is 15.4. The molecule has 3 nitrogen and oxygen atoms in total. The molecule has 0 radical (unpaired) electrons. The van der Waals surface area contributed by atoms with Crippen LogP contribution in [0.15, 0.2) is 42.5 Å². The normalized spacial score (nSPS) is 12.0. The molecule has 0 aliphatic rings. The minimum atomic E-state index is -0.714. The van der Waals surface area contributed by atoms with Crippen LogP contribution in [0.4, 0.5) is 10.1 Å². The van der Waals surface area contributed by atoms with Gasteiger partial charge in [-0.05, 0) is 30.7 Å². The maximum absolute atomic E-state index is 14.1. The van der Waals surface area contributed by atoms with Gasteiger partial charge in [-0.3, -0.25) is 0 Å². The van der Waals surface area contributed by atoms with E-state index in [1.807, 2.05) is 31.3 Å². The van der Waals surface area contributed by atoms with E-state index in [-0.39, 0.29) is 5.82 Å². The number of anilines is 1. The summed E-state index contributed by atoms with van der Waals surface area (Å²) in [4.78, 5) is 1.80. The molecular formula is C17H20FNO2. The molecule has 0 saturated carbocycles. The van der Waals surface area contributed by atoms with Crippen molar-refractivity contribution in [2.75, 3.05) is 19.1 Å². The van der Waals surface area contributed by atoms with Crippen LogP contribution in [-0.2, 0) is 6.54 Å². The summed E-state index contributed by atoms with van der Waals surface area (Å²) in [7, 11) is 3.43. The van der Waals surface area contributed by atoms with E-state index < -0.39 is 6.10 Å². The molecule has 0 heterocycles. The topological polar surface area (TPSA) is 32.7 Å². The summed E-state index contributed by atoms with van der Waals surface area (Å²) in [6, 6.07) is 12.4. The number of hydrogen-bond acceptors (Lipinski definition) is 3. The van der Waals surface area contributed by atoms with Gasteiger partial charge >= 0.3 is 0 Å². The highest BCUT2D eigenvalue weighted by molar-refractivity contribution is 5.55. The van der Waals surface area contributed by atoms with E-state index in [4.69, 9.17) is 4.74 Å². The van der Waals surface area contributed by atoms with Gasteiger partial charge < -0.3 is 14.7 Å². The molecule has 1 N–H and O–H groups in total. The van der Waals surface area contributed by atoms with Crippen LogP contribution >= 0.6 is 0 Å². The lowest BCUT2D eigenvalue weighted by Gasteiger charge is -2.24. The number of aliphatic hydroxyl groups is 1. The van der Waals surface area contributed by atoms with Crippen LogP contribution in [0.25, 0.3) is 0 Å². The maximum Gasteiger partial charge on any atom is 0.146 e. The summed E-state index contributed by atoms with van der Waals surface area (Å²) < 4.78 is 19.2. The van der Waals surface area contributed by atoms with Gasteiger partial charge in [0.05, 0.1) is 18.9 Å². The molecule has 0 aliphatic heterocycles. The van der Waals surface area contributed by atoms with Crippen molar-refractivity contribution in [2.24, 2.45) is 0 Å². The van der Waals surface area contributed by atoms with E-state index in [0.717, 1.165) is 11.3 Å². The number of aliphatic hydroxyl groups excluding tert-OH is 1. The predicted molar refractivity (Wildman–Crippen MR) is 82.1 cm³/mol. The largest absolute Gasteiger partial charge is 0.497 e. The molecule has 0 amide bonds. The van der Waals surface area contributed by atoms with Crippen molar-refractivity contribution in [1.29, 1.82) is 0 Å². The van der Waals surface area contributed by atoms with Gasteiger partial charge in [0.15, 0.2) is 0 Å². The van der Waals surface area contributed by atoms with Crippen LogP contribution < -0.4 is 9.64 Å². The number of hydrogen-bond donors (Lipinski definition) is 1. The lowest BCUT2D eigenvalue weighted by molar-refractivity contribution is 0.199. The number of halogens is 1. The van der Waals surface area contributed by atoms with Crippen molar-refractivity contribution in [3.8, 4) is 5.75 Å². The van der Waals surface area contributed by atoms with Crippen LogP contribution in [0.5, 0.6) is 5.75 Å². The van der Waals surface area contributed by atoms with Gasteiger partial charge in [0.1, 0.15) is 11.6 Å². The molecule has 2 rings (SSSR count). The number of ether oxygens (including phenoxy) is 1. The van der Waals surface area contributed by atoms with Crippen LogP contribution in [0.3, 0.4) is 0 Å². The molecule has 0 fully saturated rings. The summed E-state index contributed by atoms with van der Waals surface area (Å²) in [5.41, 5.74) is 2.06.